The average molecular weight is 397 g/mol. The van der Waals surface area contributed by atoms with Crippen LogP contribution in [-0.4, -0.2) is 6.61 Å². The van der Waals surface area contributed by atoms with Crippen LogP contribution in [0.3, 0.4) is 0 Å². The van der Waals surface area contributed by atoms with E-state index in [-0.39, 0.29) is 5.75 Å². The molecule has 158 valence electrons. The molecule has 0 heterocycles. The van der Waals surface area contributed by atoms with Gasteiger partial charge >= 0.3 is 0 Å². The van der Waals surface area contributed by atoms with Crippen LogP contribution in [0.2, 0.25) is 0 Å². The molecule has 0 saturated heterocycles. The summed E-state index contributed by atoms with van der Waals surface area (Å²) in [6.07, 6.45) is 15.7. The maximum absolute atomic E-state index is 13.7. The highest BCUT2D eigenvalue weighted by Crippen LogP contribution is 2.42. The van der Waals surface area contributed by atoms with E-state index < -0.39 is 17.5 Å². The lowest BCUT2D eigenvalue weighted by Gasteiger charge is -2.38. The van der Waals surface area contributed by atoms with Gasteiger partial charge in [-0.1, -0.05) is 45.4 Å². The van der Waals surface area contributed by atoms with Gasteiger partial charge in [0.25, 0.3) is 0 Å². The first-order valence-corrected chi connectivity index (χ1v) is 11.3. The molecule has 1 nitrogen and oxygen atoms in total. The standard InChI is InChI=1S/C24H35F3O/c1-2-3-4-5-17-6-10-19(11-7-17)20-12-8-18(9-13-20)16-28-24-15-22(26)21(25)14-23(24)27/h14-15,17-20H,2-13,16H2,1H3/t17-,18?,19-,20?. The predicted octanol–water partition coefficient (Wildman–Crippen LogP) is 7.68. The summed E-state index contributed by atoms with van der Waals surface area (Å²) in [6.45, 7) is 2.66. The van der Waals surface area contributed by atoms with E-state index in [1.54, 1.807) is 0 Å². The molecule has 0 radical (unpaired) electrons. The molecule has 0 unspecified atom stereocenters. The number of rotatable bonds is 8. The van der Waals surface area contributed by atoms with E-state index in [2.05, 4.69) is 6.92 Å². The molecule has 1 aromatic carbocycles. The van der Waals surface area contributed by atoms with Gasteiger partial charge in [-0.2, -0.15) is 0 Å². The van der Waals surface area contributed by atoms with Crippen molar-refractivity contribution in [3.8, 4) is 5.75 Å². The Kier molecular flexibility index (Phi) is 8.11. The van der Waals surface area contributed by atoms with E-state index >= 15 is 0 Å². The summed E-state index contributed by atoms with van der Waals surface area (Å²) < 4.78 is 45.4. The lowest BCUT2D eigenvalue weighted by atomic mass is 9.69. The Hall–Kier alpha value is -1.19. The summed E-state index contributed by atoms with van der Waals surface area (Å²) in [7, 11) is 0. The molecule has 28 heavy (non-hydrogen) atoms. The summed E-state index contributed by atoms with van der Waals surface area (Å²) in [4.78, 5) is 0. The maximum atomic E-state index is 13.7. The molecule has 2 aliphatic rings. The normalized spacial score (nSPS) is 28.3. The minimum atomic E-state index is -1.18. The quantitative estimate of drug-likeness (QED) is 0.323. The van der Waals surface area contributed by atoms with Crippen molar-refractivity contribution >= 4 is 0 Å². The fraction of sp³-hybridized carbons (Fsp3) is 0.750. The third-order valence-electron chi connectivity index (χ3n) is 7.11. The molecule has 0 aliphatic heterocycles. The monoisotopic (exact) mass is 396 g/mol. The van der Waals surface area contributed by atoms with Gasteiger partial charge in [-0.15, -0.1) is 0 Å². The van der Waals surface area contributed by atoms with Crippen LogP contribution in [0.4, 0.5) is 13.2 Å². The molecule has 2 fully saturated rings. The first-order valence-electron chi connectivity index (χ1n) is 11.3. The molecule has 2 saturated carbocycles. The van der Waals surface area contributed by atoms with E-state index in [4.69, 9.17) is 4.74 Å². The first-order chi connectivity index (χ1) is 13.6. The molecule has 0 N–H and O–H groups in total. The molecule has 2 aliphatic carbocycles. The number of hydrogen-bond acceptors (Lipinski definition) is 1. The molecule has 0 amide bonds. The Bertz CT molecular complexity index is 602. The van der Waals surface area contributed by atoms with Crippen molar-refractivity contribution in [1.29, 1.82) is 0 Å². The number of ether oxygens (including phenoxy) is 1. The Morgan fingerprint density at radius 2 is 1.32 bits per heavy atom. The number of benzene rings is 1. The van der Waals surface area contributed by atoms with Crippen LogP contribution in [-0.2, 0) is 0 Å². The summed E-state index contributed by atoms with van der Waals surface area (Å²) in [6, 6.07) is 1.37. The van der Waals surface area contributed by atoms with Gasteiger partial charge in [0.1, 0.15) is 0 Å². The zero-order valence-corrected chi connectivity index (χ0v) is 17.2. The minimum absolute atomic E-state index is 0.178. The molecular weight excluding hydrogens is 361 g/mol. The van der Waals surface area contributed by atoms with Crippen molar-refractivity contribution in [3.05, 3.63) is 29.6 Å². The summed E-state index contributed by atoms with van der Waals surface area (Å²) in [5.74, 6) is -0.199. The topological polar surface area (TPSA) is 9.23 Å². The van der Waals surface area contributed by atoms with Crippen LogP contribution in [0.15, 0.2) is 12.1 Å². The highest BCUT2D eigenvalue weighted by Gasteiger charge is 2.31. The molecule has 0 bridgehead atoms. The highest BCUT2D eigenvalue weighted by molar-refractivity contribution is 5.26. The third kappa shape index (κ3) is 5.90. The van der Waals surface area contributed by atoms with Crippen LogP contribution in [0, 0.1) is 41.1 Å². The zero-order valence-electron chi connectivity index (χ0n) is 17.2. The summed E-state index contributed by atoms with van der Waals surface area (Å²) >= 11 is 0. The van der Waals surface area contributed by atoms with Crippen molar-refractivity contribution in [1.82, 2.24) is 0 Å². The van der Waals surface area contributed by atoms with Crippen LogP contribution in [0.1, 0.15) is 84.0 Å². The first kappa shape index (κ1) is 21.5. The molecular formula is C24H35F3O. The summed E-state index contributed by atoms with van der Waals surface area (Å²) in [5, 5.41) is 0. The molecule has 0 atom stereocenters. The fourth-order valence-corrected chi connectivity index (χ4v) is 5.28. The van der Waals surface area contributed by atoms with Gasteiger partial charge in [-0.05, 0) is 62.2 Å². The predicted molar refractivity (Wildman–Crippen MR) is 107 cm³/mol. The molecule has 4 heteroatoms. The van der Waals surface area contributed by atoms with Gasteiger partial charge in [0, 0.05) is 12.1 Å². The Morgan fingerprint density at radius 3 is 1.93 bits per heavy atom. The Labute approximate surface area is 168 Å². The molecule has 0 aromatic heterocycles. The molecule has 3 rings (SSSR count). The Balaban J connectivity index is 1.37. The number of unbranched alkanes of at least 4 members (excludes halogenated alkanes) is 2. The van der Waals surface area contributed by atoms with Crippen LogP contribution < -0.4 is 4.74 Å². The average Bonchev–Trinajstić information content (AvgIpc) is 2.71. The van der Waals surface area contributed by atoms with Crippen LogP contribution >= 0.6 is 0 Å². The van der Waals surface area contributed by atoms with Crippen LogP contribution in [0.5, 0.6) is 5.75 Å². The molecule has 0 spiro atoms. The lowest BCUT2D eigenvalue weighted by molar-refractivity contribution is 0.120. The number of hydrogen-bond donors (Lipinski definition) is 0. The largest absolute Gasteiger partial charge is 0.490 e. The van der Waals surface area contributed by atoms with E-state index in [0.29, 0.717) is 18.6 Å². The van der Waals surface area contributed by atoms with Crippen molar-refractivity contribution < 1.29 is 17.9 Å². The van der Waals surface area contributed by atoms with Gasteiger partial charge in [0.05, 0.1) is 6.61 Å². The van der Waals surface area contributed by atoms with Crippen molar-refractivity contribution in [2.75, 3.05) is 6.61 Å². The second kappa shape index (κ2) is 10.5. The van der Waals surface area contributed by atoms with E-state index in [9.17, 15) is 13.2 Å². The minimum Gasteiger partial charge on any atom is -0.490 e. The smallest absolute Gasteiger partial charge is 0.168 e. The van der Waals surface area contributed by atoms with Crippen molar-refractivity contribution in [2.45, 2.75) is 84.0 Å². The van der Waals surface area contributed by atoms with Gasteiger partial charge in [-0.25, -0.2) is 13.2 Å². The van der Waals surface area contributed by atoms with Gasteiger partial charge < -0.3 is 4.74 Å². The van der Waals surface area contributed by atoms with E-state index in [0.717, 1.165) is 36.7 Å². The van der Waals surface area contributed by atoms with Crippen molar-refractivity contribution in [2.24, 2.45) is 23.7 Å². The number of halogens is 3. The van der Waals surface area contributed by atoms with Gasteiger partial charge in [-0.3, -0.25) is 0 Å². The van der Waals surface area contributed by atoms with E-state index in [1.807, 2.05) is 0 Å². The third-order valence-corrected chi connectivity index (χ3v) is 7.11. The van der Waals surface area contributed by atoms with E-state index in [1.165, 1.54) is 64.2 Å². The molecule has 1 aromatic rings. The van der Waals surface area contributed by atoms with Crippen molar-refractivity contribution in [3.63, 3.8) is 0 Å². The maximum Gasteiger partial charge on any atom is 0.168 e. The summed E-state index contributed by atoms with van der Waals surface area (Å²) in [5.41, 5.74) is 0. The zero-order chi connectivity index (χ0) is 19.9. The van der Waals surface area contributed by atoms with Gasteiger partial charge in [0.15, 0.2) is 23.2 Å². The fourth-order valence-electron chi connectivity index (χ4n) is 5.28. The van der Waals surface area contributed by atoms with Crippen LogP contribution in [0.25, 0.3) is 0 Å². The Morgan fingerprint density at radius 1 is 0.750 bits per heavy atom. The SMILES string of the molecule is CCCCC[C@H]1CC[C@H](C2CCC(COc3cc(F)c(F)cc3F)CC2)CC1. The second-order valence-electron chi connectivity index (χ2n) is 9.07. The highest BCUT2D eigenvalue weighted by atomic mass is 19.2. The lowest BCUT2D eigenvalue weighted by Crippen LogP contribution is -2.27. The van der Waals surface area contributed by atoms with Gasteiger partial charge in [0.2, 0.25) is 0 Å². The second-order valence-corrected chi connectivity index (χ2v) is 9.07.